The highest BCUT2D eigenvalue weighted by atomic mass is 16.2. The Morgan fingerprint density at radius 2 is 1.55 bits per heavy atom. The first-order chi connectivity index (χ1) is 16.0. The number of amides is 2. The molecule has 0 radical (unpaired) electrons. The lowest BCUT2D eigenvalue weighted by Crippen LogP contribution is -2.38. The molecule has 0 aliphatic heterocycles. The summed E-state index contributed by atoms with van der Waals surface area (Å²) in [5, 5.41) is 7.64. The van der Waals surface area contributed by atoms with Crippen LogP contribution < -0.4 is 10.6 Å². The molecule has 5 nitrogen and oxygen atoms in total. The summed E-state index contributed by atoms with van der Waals surface area (Å²) in [6.45, 7) is 1.89. The Hall–Kier alpha value is -4.25. The Kier molecular flexibility index (Phi) is 6.60. The first-order valence-corrected chi connectivity index (χ1v) is 10.7. The summed E-state index contributed by atoms with van der Waals surface area (Å²) in [4.78, 5) is 37.6. The van der Waals surface area contributed by atoms with Gasteiger partial charge in [0.15, 0.2) is 0 Å². The minimum atomic E-state index is -0.676. The van der Waals surface area contributed by atoms with Gasteiger partial charge in [-0.05, 0) is 59.5 Å². The molecule has 4 rings (SSSR count). The molecule has 0 spiro atoms. The van der Waals surface area contributed by atoms with Crippen LogP contribution in [-0.4, -0.2) is 24.1 Å². The van der Waals surface area contributed by atoms with Crippen molar-refractivity contribution in [3.63, 3.8) is 0 Å². The van der Waals surface area contributed by atoms with Crippen molar-refractivity contribution >= 4 is 34.6 Å². The van der Waals surface area contributed by atoms with Crippen LogP contribution >= 0.6 is 0 Å². The normalized spacial score (nSPS) is 11.5. The van der Waals surface area contributed by atoms with Crippen molar-refractivity contribution in [1.29, 1.82) is 0 Å². The number of carbonyl (C=O) groups is 3. The monoisotopic (exact) mass is 436 g/mol. The minimum Gasteiger partial charge on any atom is -0.342 e. The maximum atomic E-state index is 13.0. The third kappa shape index (κ3) is 5.33. The highest BCUT2D eigenvalue weighted by Gasteiger charge is 2.18. The second-order valence-corrected chi connectivity index (χ2v) is 7.97. The molecule has 0 bridgehead atoms. The van der Waals surface area contributed by atoms with Crippen LogP contribution in [0.5, 0.6) is 0 Å². The lowest BCUT2D eigenvalue weighted by atomic mass is 10.0. The van der Waals surface area contributed by atoms with Crippen LogP contribution in [0.15, 0.2) is 91.0 Å². The molecule has 164 valence electrons. The molecule has 0 aliphatic rings. The predicted octanol–water partition coefficient (Wildman–Crippen LogP) is 4.94. The van der Waals surface area contributed by atoms with Crippen molar-refractivity contribution in [3.05, 3.63) is 113 Å². The van der Waals surface area contributed by atoms with E-state index in [2.05, 4.69) is 10.6 Å². The van der Waals surface area contributed by atoms with Gasteiger partial charge in [-0.25, -0.2) is 0 Å². The highest BCUT2D eigenvalue weighted by Crippen LogP contribution is 2.21. The van der Waals surface area contributed by atoms with Gasteiger partial charge in [-0.2, -0.15) is 0 Å². The molecule has 0 aliphatic carbocycles. The number of benzene rings is 4. The maximum Gasteiger partial charge on any atom is 0.255 e. The zero-order valence-corrected chi connectivity index (χ0v) is 18.2. The number of aryl methyl sites for hydroxylation is 1. The van der Waals surface area contributed by atoms with Crippen molar-refractivity contribution in [2.75, 3.05) is 5.32 Å². The summed E-state index contributed by atoms with van der Waals surface area (Å²) >= 11 is 0. The number of fused-ring (bicyclic) bond motifs is 1. The Bertz CT molecular complexity index is 1320. The van der Waals surface area contributed by atoms with Gasteiger partial charge in [-0.1, -0.05) is 66.7 Å². The molecule has 0 saturated carbocycles. The van der Waals surface area contributed by atoms with Gasteiger partial charge in [0.2, 0.25) is 0 Å². The molecule has 2 amide bonds. The molecule has 0 unspecified atom stereocenters. The number of carbonyl (C=O) groups excluding carboxylic acids is 3. The van der Waals surface area contributed by atoms with E-state index in [1.54, 1.807) is 24.3 Å². The van der Waals surface area contributed by atoms with Crippen LogP contribution in [0.4, 0.5) is 5.69 Å². The fraction of sp³-hybridized carbons (Fsp3) is 0.107. The largest absolute Gasteiger partial charge is 0.342 e. The summed E-state index contributed by atoms with van der Waals surface area (Å²) in [5.41, 5.74) is 3.04. The summed E-state index contributed by atoms with van der Waals surface area (Å²) in [5.74, 6) is -0.728. The fourth-order valence-electron chi connectivity index (χ4n) is 3.73. The molecule has 33 heavy (non-hydrogen) atoms. The van der Waals surface area contributed by atoms with Crippen molar-refractivity contribution in [3.8, 4) is 0 Å². The summed E-state index contributed by atoms with van der Waals surface area (Å²) in [6, 6.07) is 27.3. The van der Waals surface area contributed by atoms with E-state index in [9.17, 15) is 14.4 Å². The molecule has 1 atom stereocenters. The third-order valence-corrected chi connectivity index (χ3v) is 5.46. The second kappa shape index (κ2) is 9.92. The van der Waals surface area contributed by atoms with Crippen LogP contribution in [0.3, 0.4) is 0 Å². The van der Waals surface area contributed by atoms with E-state index in [0.29, 0.717) is 23.2 Å². The van der Waals surface area contributed by atoms with Crippen LogP contribution in [0.2, 0.25) is 0 Å². The zero-order valence-electron chi connectivity index (χ0n) is 18.2. The van der Waals surface area contributed by atoms with Crippen molar-refractivity contribution < 1.29 is 14.4 Å². The average molecular weight is 437 g/mol. The molecule has 0 fully saturated rings. The van der Waals surface area contributed by atoms with Gasteiger partial charge in [0.05, 0.1) is 17.3 Å². The molecule has 0 heterocycles. The molecule has 0 saturated heterocycles. The van der Waals surface area contributed by atoms with Gasteiger partial charge in [-0.15, -0.1) is 0 Å². The Morgan fingerprint density at radius 3 is 2.30 bits per heavy atom. The van der Waals surface area contributed by atoms with E-state index >= 15 is 0 Å². The summed E-state index contributed by atoms with van der Waals surface area (Å²) in [7, 11) is 0. The quantitative estimate of drug-likeness (QED) is 0.403. The first kappa shape index (κ1) is 22.0. The SMILES string of the molecule is Cc1ccc(C(=O)N[C@H](C=O)Cc2ccccc2)c(NC(=O)c2ccc3ccccc3c2)c1. The lowest BCUT2D eigenvalue weighted by Gasteiger charge is -2.16. The highest BCUT2D eigenvalue weighted by molar-refractivity contribution is 6.10. The molecule has 0 aromatic heterocycles. The number of rotatable bonds is 7. The second-order valence-electron chi connectivity index (χ2n) is 7.97. The van der Waals surface area contributed by atoms with E-state index in [-0.39, 0.29) is 5.91 Å². The number of hydrogen-bond donors (Lipinski definition) is 2. The molecule has 2 N–H and O–H groups in total. The van der Waals surface area contributed by atoms with E-state index in [1.807, 2.05) is 73.7 Å². The van der Waals surface area contributed by atoms with Crippen LogP contribution in [0, 0.1) is 6.92 Å². The van der Waals surface area contributed by atoms with E-state index in [4.69, 9.17) is 0 Å². The summed E-state index contributed by atoms with van der Waals surface area (Å²) in [6.07, 6.45) is 1.12. The van der Waals surface area contributed by atoms with Crippen LogP contribution in [0.1, 0.15) is 31.8 Å². The maximum absolute atomic E-state index is 13.0. The van der Waals surface area contributed by atoms with Gasteiger partial charge < -0.3 is 15.4 Å². The topological polar surface area (TPSA) is 75.3 Å². The molecule has 4 aromatic carbocycles. The van der Waals surface area contributed by atoms with Gasteiger partial charge in [0.25, 0.3) is 11.8 Å². The van der Waals surface area contributed by atoms with Crippen molar-refractivity contribution in [2.45, 2.75) is 19.4 Å². The molecular weight excluding hydrogens is 412 g/mol. The van der Waals surface area contributed by atoms with Gasteiger partial charge >= 0.3 is 0 Å². The number of hydrogen-bond acceptors (Lipinski definition) is 3. The third-order valence-electron chi connectivity index (χ3n) is 5.46. The van der Waals surface area contributed by atoms with Gasteiger partial charge in [0.1, 0.15) is 6.29 Å². The zero-order chi connectivity index (χ0) is 23.2. The number of nitrogens with one attached hydrogen (secondary N) is 2. The van der Waals surface area contributed by atoms with Gasteiger partial charge in [0, 0.05) is 5.56 Å². The first-order valence-electron chi connectivity index (χ1n) is 10.7. The summed E-state index contributed by atoms with van der Waals surface area (Å²) < 4.78 is 0. The molecule has 5 heteroatoms. The van der Waals surface area contributed by atoms with Crippen molar-refractivity contribution in [2.24, 2.45) is 0 Å². The average Bonchev–Trinajstić information content (AvgIpc) is 2.84. The number of anilines is 1. The fourth-order valence-corrected chi connectivity index (χ4v) is 3.73. The Balaban J connectivity index is 1.54. The standard InChI is InChI=1S/C28H24N2O3/c1-19-11-14-25(28(33)29-24(18-31)16-20-7-3-2-4-8-20)26(15-19)30-27(32)23-13-12-21-9-5-6-10-22(21)17-23/h2-15,17-18,24H,16H2,1H3,(H,29,33)(H,30,32)/t24-/m0/s1. The minimum absolute atomic E-state index is 0.301. The smallest absolute Gasteiger partial charge is 0.255 e. The Labute approximate surface area is 192 Å². The lowest BCUT2D eigenvalue weighted by molar-refractivity contribution is -0.109. The molecule has 4 aromatic rings. The Morgan fingerprint density at radius 1 is 0.818 bits per heavy atom. The predicted molar refractivity (Wildman–Crippen MR) is 131 cm³/mol. The van der Waals surface area contributed by atoms with Crippen LogP contribution in [-0.2, 0) is 11.2 Å². The van der Waals surface area contributed by atoms with E-state index in [1.165, 1.54) is 0 Å². The van der Waals surface area contributed by atoms with E-state index in [0.717, 1.165) is 28.2 Å². The van der Waals surface area contributed by atoms with Crippen LogP contribution in [0.25, 0.3) is 10.8 Å². The number of aldehydes is 1. The molecular formula is C28H24N2O3. The van der Waals surface area contributed by atoms with Crippen molar-refractivity contribution in [1.82, 2.24) is 5.32 Å². The van der Waals surface area contributed by atoms with E-state index < -0.39 is 11.9 Å². The van der Waals surface area contributed by atoms with Gasteiger partial charge in [-0.3, -0.25) is 9.59 Å².